The lowest BCUT2D eigenvalue weighted by Gasteiger charge is -2.19. The van der Waals surface area contributed by atoms with Crippen LogP contribution in [0.4, 0.5) is 0 Å². The van der Waals surface area contributed by atoms with Crippen molar-refractivity contribution in [1.82, 2.24) is 10.1 Å². The maximum atomic E-state index is 10.8. The fraction of sp³-hybridized carbons (Fsp3) is 0.769. The fourth-order valence-corrected chi connectivity index (χ4v) is 2.34. The van der Waals surface area contributed by atoms with Crippen molar-refractivity contribution in [3.8, 4) is 0 Å². The van der Waals surface area contributed by atoms with Gasteiger partial charge >= 0.3 is 5.97 Å². The molecule has 1 aliphatic rings. The van der Waals surface area contributed by atoms with Crippen LogP contribution in [0.2, 0.25) is 0 Å². The molecule has 2 heterocycles. The van der Waals surface area contributed by atoms with Gasteiger partial charge in [0.05, 0.1) is 6.42 Å². The number of aliphatic carboxylic acids is 1. The van der Waals surface area contributed by atoms with E-state index in [0.717, 1.165) is 31.9 Å². The summed E-state index contributed by atoms with van der Waals surface area (Å²) in [5, 5.41) is 12.9. The molecule has 1 aromatic heterocycles. The van der Waals surface area contributed by atoms with Crippen LogP contribution in [0.25, 0.3) is 0 Å². The number of nitrogens with zero attached hydrogens (tertiary/aromatic N) is 2. The lowest BCUT2D eigenvalue weighted by atomic mass is 9.86. The van der Waals surface area contributed by atoms with Gasteiger partial charge in [0.1, 0.15) is 0 Å². The summed E-state index contributed by atoms with van der Waals surface area (Å²) < 4.78 is 10.5. The standard InChI is InChI=1S/C13H20N2O4/c1-13(2,8-11(16)17)7-10-14-12(15-19-10)9-3-5-18-6-4-9/h9H,3-8H2,1-2H3,(H,16,17). The quantitative estimate of drug-likeness (QED) is 0.879. The molecule has 106 valence electrons. The van der Waals surface area contributed by atoms with E-state index in [4.69, 9.17) is 14.4 Å². The normalized spacial score (nSPS) is 17.6. The van der Waals surface area contributed by atoms with Gasteiger partial charge in [-0.05, 0) is 18.3 Å². The van der Waals surface area contributed by atoms with Crippen LogP contribution in [0.1, 0.15) is 50.7 Å². The summed E-state index contributed by atoms with van der Waals surface area (Å²) in [6.45, 7) is 5.25. The number of hydrogen-bond donors (Lipinski definition) is 1. The first-order chi connectivity index (χ1) is 8.96. The van der Waals surface area contributed by atoms with E-state index in [9.17, 15) is 4.79 Å². The molecule has 1 fully saturated rings. The molecule has 0 atom stereocenters. The summed E-state index contributed by atoms with van der Waals surface area (Å²) in [5.41, 5.74) is -0.384. The highest BCUT2D eigenvalue weighted by atomic mass is 16.5. The van der Waals surface area contributed by atoms with E-state index >= 15 is 0 Å². The number of ether oxygens (including phenoxy) is 1. The molecule has 1 aliphatic heterocycles. The van der Waals surface area contributed by atoms with Gasteiger partial charge in [-0.2, -0.15) is 4.98 Å². The molecule has 1 saturated heterocycles. The van der Waals surface area contributed by atoms with Crippen molar-refractivity contribution in [2.24, 2.45) is 5.41 Å². The van der Waals surface area contributed by atoms with E-state index in [2.05, 4.69) is 10.1 Å². The van der Waals surface area contributed by atoms with Gasteiger partial charge in [0.15, 0.2) is 5.82 Å². The Morgan fingerprint density at radius 2 is 2.11 bits per heavy atom. The zero-order valence-corrected chi connectivity index (χ0v) is 11.4. The van der Waals surface area contributed by atoms with Gasteiger partial charge in [0.2, 0.25) is 5.89 Å². The number of rotatable bonds is 5. The molecule has 1 aromatic rings. The Balaban J connectivity index is 1.98. The minimum atomic E-state index is -0.811. The zero-order chi connectivity index (χ0) is 13.9. The maximum Gasteiger partial charge on any atom is 0.303 e. The van der Waals surface area contributed by atoms with Gasteiger partial charge in [-0.25, -0.2) is 0 Å². The average Bonchev–Trinajstić information content (AvgIpc) is 2.76. The molecule has 6 heteroatoms. The second-order valence-corrected chi connectivity index (χ2v) is 5.84. The van der Waals surface area contributed by atoms with Crippen molar-refractivity contribution in [2.75, 3.05) is 13.2 Å². The molecule has 1 N–H and O–H groups in total. The first-order valence-corrected chi connectivity index (χ1v) is 6.58. The van der Waals surface area contributed by atoms with E-state index in [-0.39, 0.29) is 11.8 Å². The van der Waals surface area contributed by atoms with Crippen LogP contribution in [0.15, 0.2) is 4.52 Å². The smallest absolute Gasteiger partial charge is 0.303 e. The monoisotopic (exact) mass is 268 g/mol. The number of hydrogen-bond acceptors (Lipinski definition) is 5. The second kappa shape index (κ2) is 5.69. The number of carboxylic acid groups (broad SMARTS) is 1. The van der Waals surface area contributed by atoms with Crippen molar-refractivity contribution in [1.29, 1.82) is 0 Å². The summed E-state index contributed by atoms with van der Waals surface area (Å²) in [5.74, 6) is 0.736. The average molecular weight is 268 g/mol. The molecular weight excluding hydrogens is 248 g/mol. The van der Waals surface area contributed by atoms with Gasteiger partial charge < -0.3 is 14.4 Å². The lowest BCUT2D eigenvalue weighted by Crippen LogP contribution is -2.20. The molecule has 0 radical (unpaired) electrons. The Morgan fingerprint density at radius 3 is 2.74 bits per heavy atom. The van der Waals surface area contributed by atoms with Crippen LogP contribution in [0, 0.1) is 5.41 Å². The summed E-state index contributed by atoms with van der Waals surface area (Å²) in [6.07, 6.45) is 2.40. The summed E-state index contributed by atoms with van der Waals surface area (Å²) in [7, 11) is 0. The third-order valence-corrected chi connectivity index (χ3v) is 3.33. The first kappa shape index (κ1) is 14.0. The van der Waals surface area contributed by atoms with Crippen LogP contribution in [-0.2, 0) is 16.0 Å². The molecule has 2 rings (SSSR count). The third-order valence-electron chi connectivity index (χ3n) is 3.33. The van der Waals surface area contributed by atoms with Crippen molar-refractivity contribution >= 4 is 5.97 Å². The molecule has 0 aromatic carbocycles. The Kier molecular flexibility index (Phi) is 4.19. The molecule has 0 bridgehead atoms. The second-order valence-electron chi connectivity index (χ2n) is 5.84. The summed E-state index contributed by atoms with van der Waals surface area (Å²) in [4.78, 5) is 15.2. The Morgan fingerprint density at radius 1 is 1.42 bits per heavy atom. The van der Waals surface area contributed by atoms with Crippen molar-refractivity contribution in [3.63, 3.8) is 0 Å². The fourth-order valence-electron chi connectivity index (χ4n) is 2.34. The van der Waals surface area contributed by atoms with Crippen LogP contribution in [-0.4, -0.2) is 34.4 Å². The third kappa shape index (κ3) is 4.02. The van der Waals surface area contributed by atoms with E-state index < -0.39 is 5.97 Å². The zero-order valence-electron chi connectivity index (χ0n) is 11.4. The largest absolute Gasteiger partial charge is 0.481 e. The molecule has 0 unspecified atom stereocenters. The highest BCUT2D eigenvalue weighted by molar-refractivity contribution is 5.67. The summed E-state index contributed by atoms with van der Waals surface area (Å²) in [6, 6.07) is 0. The molecule has 0 amide bonds. The number of carboxylic acids is 1. The van der Waals surface area contributed by atoms with Gasteiger partial charge in [0.25, 0.3) is 0 Å². The summed E-state index contributed by atoms with van der Waals surface area (Å²) >= 11 is 0. The highest BCUT2D eigenvalue weighted by Gasteiger charge is 2.27. The molecule has 19 heavy (non-hydrogen) atoms. The Labute approximate surface area is 112 Å². The van der Waals surface area contributed by atoms with Crippen LogP contribution in [0.3, 0.4) is 0 Å². The van der Waals surface area contributed by atoms with E-state index in [1.165, 1.54) is 0 Å². The first-order valence-electron chi connectivity index (χ1n) is 6.58. The maximum absolute atomic E-state index is 10.8. The van der Waals surface area contributed by atoms with Crippen LogP contribution >= 0.6 is 0 Å². The van der Waals surface area contributed by atoms with Crippen molar-refractivity contribution in [3.05, 3.63) is 11.7 Å². The Bertz CT molecular complexity index is 436. The molecule has 0 saturated carbocycles. The predicted molar refractivity (Wildman–Crippen MR) is 66.8 cm³/mol. The van der Waals surface area contributed by atoms with Crippen LogP contribution in [0.5, 0.6) is 0 Å². The van der Waals surface area contributed by atoms with Gasteiger partial charge in [0, 0.05) is 25.6 Å². The predicted octanol–water partition coefficient (Wildman–Crippen LogP) is 2.01. The van der Waals surface area contributed by atoms with Gasteiger partial charge in [-0.1, -0.05) is 19.0 Å². The minimum absolute atomic E-state index is 0.0853. The van der Waals surface area contributed by atoms with E-state index in [1.807, 2.05) is 13.8 Å². The number of carbonyl (C=O) groups is 1. The van der Waals surface area contributed by atoms with Crippen LogP contribution < -0.4 is 0 Å². The highest BCUT2D eigenvalue weighted by Crippen LogP contribution is 2.28. The van der Waals surface area contributed by atoms with Crippen molar-refractivity contribution in [2.45, 2.75) is 45.4 Å². The van der Waals surface area contributed by atoms with E-state index in [0.29, 0.717) is 18.2 Å². The molecule has 0 spiro atoms. The van der Waals surface area contributed by atoms with Gasteiger partial charge in [-0.3, -0.25) is 4.79 Å². The van der Waals surface area contributed by atoms with Gasteiger partial charge in [-0.15, -0.1) is 0 Å². The number of aromatic nitrogens is 2. The lowest BCUT2D eigenvalue weighted by molar-refractivity contribution is -0.139. The van der Waals surface area contributed by atoms with E-state index in [1.54, 1.807) is 0 Å². The SMILES string of the molecule is CC(C)(CC(=O)O)Cc1nc(C2CCOCC2)no1. The topological polar surface area (TPSA) is 85.5 Å². The Hall–Kier alpha value is -1.43. The molecule has 0 aliphatic carbocycles. The molecule has 6 nitrogen and oxygen atoms in total. The molecular formula is C13H20N2O4. The minimum Gasteiger partial charge on any atom is -0.481 e. The van der Waals surface area contributed by atoms with Crippen molar-refractivity contribution < 1.29 is 19.2 Å².